The number of nitrogens with zero attached hydrogens (tertiary/aromatic N) is 3. The van der Waals surface area contributed by atoms with Gasteiger partial charge in [0.05, 0.1) is 16.6 Å². The fourth-order valence-electron chi connectivity index (χ4n) is 3.95. The fourth-order valence-corrected chi connectivity index (χ4v) is 4.98. The molecule has 7 nitrogen and oxygen atoms in total. The van der Waals surface area contributed by atoms with E-state index in [1.165, 1.54) is 22.2 Å². The fraction of sp³-hybridized carbons (Fsp3) is 0.391. The second-order valence-corrected chi connectivity index (χ2v) is 8.98. The van der Waals surface area contributed by atoms with Gasteiger partial charge in [0.2, 0.25) is 5.91 Å². The van der Waals surface area contributed by atoms with Crippen LogP contribution in [0.15, 0.2) is 35.4 Å². The van der Waals surface area contributed by atoms with E-state index in [-0.39, 0.29) is 23.9 Å². The summed E-state index contributed by atoms with van der Waals surface area (Å²) in [6, 6.07) is 7.54. The monoisotopic (exact) mass is 438 g/mol. The van der Waals surface area contributed by atoms with Crippen LogP contribution in [0, 0.1) is 13.8 Å². The Morgan fingerprint density at radius 3 is 2.52 bits per heavy atom. The molecule has 2 amide bonds. The number of thiophene rings is 1. The summed E-state index contributed by atoms with van der Waals surface area (Å²) in [5.74, 6) is -0.322. The first kappa shape index (κ1) is 21.2. The zero-order valence-electron chi connectivity index (χ0n) is 17.8. The number of fused-ring (bicyclic) bond motifs is 1. The molecule has 1 N–H and O–H groups in total. The van der Waals surface area contributed by atoms with Crippen LogP contribution in [-0.4, -0.2) is 39.4 Å². The Labute approximate surface area is 184 Å². The van der Waals surface area contributed by atoms with Gasteiger partial charge in [-0.15, -0.1) is 11.3 Å². The largest absolute Gasteiger partial charge is 0.341 e. The first-order chi connectivity index (χ1) is 15.0. The van der Waals surface area contributed by atoms with Crippen molar-refractivity contribution in [2.45, 2.75) is 46.1 Å². The third-order valence-corrected chi connectivity index (χ3v) is 6.98. The first-order valence-corrected chi connectivity index (χ1v) is 11.4. The topological polar surface area (TPSA) is 84.3 Å². The minimum absolute atomic E-state index is 0.0260. The summed E-state index contributed by atoms with van der Waals surface area (Å²) in [4.78, 5) is 45.9. The number of rotatable bonds is 4. The predicted molar refractivity (Wildman–Crippen MR) is 123 cm³/mol. The molecule has 3 heterocycles. The van der Waals surface area contributed by atoms with Crippen molar-refractivity contribution in [3.8, 4) is 0 Å². The first-order valence-electron chi connectivity index (χ1n) is 10.6. The molecule has 2 aromatic heterocycles. The highest BCUT2D eigenvalue weighted by Crippen LogP contribution is 2.28. The number of anilines is 1. The van der Waals surface area contributed by atoms with Crippen LogP contribution in [0.2, 0.25) is 0 Å². The number of likely N-dealkylation sites (tertiary alicyclic amines) is 1. The van der Waals surface area contributed by atoms with Crippen molar-refractivity contribution in [1.29, 1.82) is 0 Å². The molecule has 1 aliphatic rings. The number of hydrogen-bond donors (Lipinski definition) is 1. The Morgan fingerprint density at radius 2 is 1.81 bits per heavy atom. The van der Waals surface area contributed by atoms with E-state index in [0.29, 0.717) is 20.7 Å². The van der Waals surface area contributed by atoms with Gasteiger partial charge in [-0.25, -0.2) is 4.98 Å². The van der Waals surface area contributed by atoms with Crippen LogP contribution in [0.25, 0.3) is 10.2 Å². The molecular weight excluding hydrogens is 412 g/mol. The lowest BCUT2D eigenvalue weighted by Crippen LogP contribution is -2.37. The van der Waals surface area contributed by atoms with Gasteiger partial charge in [-0.1, -0.05) is 31.0 Å². The number of benzene rings is 1. The van der Waals surface area contributed by atoms with Crippen molar-refractivity contribution in [3.05, 3.63) is 57.0 Å². The lowest BCUT2D eigenvalue weighted by atomic mass is 10.2. The number of para-hydroxylation sites is 1. The van der Waals surface area contributed by atoms with Gasteiger partial charge in [0.25, 0.3) is 11.5 Å². The van der Waals surface area contributed by atoms with E-state index >= 15 is 0 Å². The molecule has 0 spiro atoms. The molecular formula is C23H26N4O3S. The zero-order valence-corrected chi connectivity index (χ0v) is 18.6. The maximum atomic E-state index is 13.1. The van der Waals surface area contributed by atoms with Crippen LogP contribution in [0.3, 0.4) is 0 Å². The Hall–Kier alpha value is -3.00. The minimum atomic E-state index is -0.281. The van der Waals surface area contributed by atoms with E-state index in [1.807, 2.05) is 36.1 Å². The molecule has 0 radical (unpaired) electrons. The highest BCUT2D eigenvalue weighted by molar-refractivity contribution is 7.20. The number of aryl methyl sites for hydroxylation is 2. The van der Waals surface area contributed by atoms with Crippen LogP contribution in [-0.2, 0) is 11.3 Å². The summed E-state index contributed by atoms with van der Waals surface area (Å²) in [7, 11) is 0. The molecule has 0 bridgehead atoms. The van der Waals surface area contributed by atoms with E-state index in [1.54, 1.807) is 6.92 Å². The number of hydrogen-bond acceptors (Lipinski definition) is 5. The Bertz CT molecular complexity index is 1190. The predicted octanol–water partition coefficient (Wildman–Crippen LogP) is 3.73. The van der Waals surface area contributed by atoms with E-state index in [4.69, 9.17) is 0 Å². The third kappa shape index (κ3) is 4.39. The van der Waals surface area contributed by atoms with Crippen LogP contribution in [0.1, 0.15) is 46.5 Å². The Balaban J connectivity index is 1.60. The highest BCUT2D eigenvalue weighted by Gasteiger charge is 2.22. The van der Waals surface area contributed by atoms with Gasteiger partial charge in [-0.3, -0.25) is 19.0 Å². The summed E-state index contributed by atoms with van der Waals surface area (Å²) in [5.41, 5.74) is 2.01. The second kappa shape index (κ2) is 9.01. The third-order valence-electron chi connectivity index (χ3n) is 5.78. The molecule has 3 aromatic rings. The van der Waals surface area contributed by atoms with Crippen LogP contribution < -0.4 is 10.9 Å². The molecule has 1 saturated heterocycles. The molecule has 1 aliphatic heterocycles. The number of aromatic nitrogens is 2. The maximum Gasteiger partial charge on any atom is 0.266 e. The van der Waals surface area contributed by atoms with Crippen molar-refractivity contribution >= 4 is 39.1 Å². The van der Waals surface area contributed by atoms with Gasteiger partial charge < -0.3 is 10.2 Å². The summed E-state index contributed by atoms with van der Waals surface area (Å²) >= 11 is 1.20. The average molecular weight is 439 g/mol. The summed E-state index contributed by atoms with van der Waals surface area (Å²) < 4.78 is 1.36. The number of carbonyl (C=O) groups is 2. The zero-order chi connectivity index (χ0) is 22.0. The van der Waals surface area contributed by atoms with E-state index in [2.05, 4.69) is 10.3 Å². The van der Waals surface area contributed by atoms with E-state index in [0.717, 1.165) is 50.0 Å². The molecule has 0 atom stereocenters. The Morgan fingerprint density at radius 1 is 1.10 bits per heavy atom. The summed E-state index contributed by atoms with van der Waals surface area (Å²) in [6.07, 6.45) is 5.69. The molecule has 0 unspecified atom stereocenters. The normalized spacial score (nSPS) is 14.5. The van der Waals surface area contributed by atoms with Crippen molar-refractivity contribution in [3.63, 3.8) is 0 Å². The number of nitrogens with one attached hydrogen (secondary N) is 1. The Kier molecular flexibility index (Phi) is 6.18. The molecule has 0 saturated carbocycles. The molecule has 8 heteroatoms. The smallest absolute Gasteiger partial charge is 0.266 e. The average Bonchev–Trinajstić information content (AvgIpc) is 2.92. The van der Waals surface area contributed by atoms with Gasteiger partial charge in [0, 0.05) is 18.8 Å². The van der Waals surface area contributed by atoms with Crippen molar-refractivity contribution < 1.29 is 9.59 Å². The lowest BCUT2D eigenvalue weighted by molar-refractivity contribution is -0.131. The molecule has 162 valence electrons. The quantitative estimate of drug-likeness (QED) is 0.673. The van der Waals surface area contributed by atoms with Crippen molar-refractivity contribution in [1.82, 2.24) is 14.5 Å². The standard InChI is InChI=1S/C23H26N4O3S/c1-15-9-5-6-10-17(15)25-21(29)20-16(2)19-22(31-20)24-14-27(23(19)30)13-18(28)26-11-7-3-4-8-12-26/h5-6,9-10,14H,3-4,7-8,11-13H2,1-2H3,(H,25,29). The van der Waals surface area contributed by atoms with Gasteiger partial charge >= 0.3 is 0 Å². The van der Waals surface area contributed by atoms with Crippen LogP contribution in [0.5, 0.6) is 0 Å². The van der Waals surface area contributed by atoms with Gasteiger partial charge in [0.15, 0.2) is 0 Å². The molecule has 1 fully saturated rings. The SMILES string of the molecule is Cc1ccccc1NC(=O)c1sc2ncn(CC(=O)N3CCCCCC3)c(=O)c2c1C. The second-order valence-electron chi connectivity index (χ2n) is 7.98. The van der Waals surface area contributed by atoms with Gasteiger partial charge in [-0.2, -0.15) is 0 Å². The van der Waals surface area contributed by atoms with Gasteiger partial charge in [0.1, 0.15) is 11.4 Å². The van der Waals surface area contributed by atoms with Crippen molar-refractivity contribution in [2.24, 2.45) is 0 Å². The molecule has 1 aromatic carbocycles. The van der Waals surface area contributed by atoms with E-state index < -0.39 is 0 Å². The molecule has 0 aliphatic carbocycles. The van der Waals surface area contributed by atoms with E-state index in [9.17, 15) is 14.4 Å². The molecule has 31 heavy (non-hydrogen) atoms. The van der Waals surface area contributed by atoms with Crippen LogP contribution >= 0.6 is 11.3 Å². The summed E-state index contributed by atoms with van der Waals surface area (Å²) in [6.45, 7) is 5.14. The minimum Gasteiger partial charge on any atom is -0.341 e. The molecule has 4 rings (SSSR count). The maximum absolute atomic E-state index is 13.1. The van der Waals surface area contributed by atoms with Crippen molar-refractivity contribution in [2.75, 3.05) is 18.4 Å². The number of carbonyl (C=O) groups excluding carboxylic acids is 2. The summed E-state index contributed by atoms with van der Waals surface area (Å²) in [5, 5.41) is 3.33. The van der Waals surface area contributed by atoms with Crippen LogP contribution in [0.4, 0.5) is 5.69 Å². The lowest BCUT2D eigenvalue weighted by Gasteiger charge is -2.20. The highest BCUT2D eigenvalue weighted by atomic mass is 32.1. The number of amides is 2. The van der Waals surface area contributed by atoms with Gasteiger partial charge in [-0.05, 0) is 43.9 Å².